The number of hydrogen-bond acceptors (Lipinski definition) is 3. The van der Waals surface area contributed by atoms with Crippen molar-refractivity contribution < 1.29 is 14.3 Å². The first-order valence-corrected chi connectivity index (χ1v) is 7.54. The quantitative estimate of drug-likeness (QED) is 0.934. The topological polar surface area (TPSA) is 47.6 Å². The van der Waals surface area contributed by atoms with E-state index < -0.39 is 0 Å². The number of ether oxygens (including phenoxy) is 2. The Balaban J connectivity index is 1.88. The highest BCUT2D eigenvalue weighted by Gasteiger charge is 2.17. The summed E-state index contributed by atoms with van der Waals surface area (Å²) < 4.78 is 10.6. The lowest BCUT2D eigenvalue weighted by Gasteiger charge is -2.14. The monoisotopic (exact) mass is 297 g/mol. The number of benzene rings is 2. The molecule has 1 aliphatic heterocycles. The molecule has 1 amide bonds. The van der Waals surface area contributed by atoms with Crippen molar-refractivity contribution in [2.75, 3.05) is 12.1 Å². The second-order valence-corrected chi connectivity index (χ2v) is 5.18. The van der Waals surface area contributed by atoms with Crippen LogP contribution in [0.5, 0.6) is 11.5 Å². The first-order chi connectivity index (χ1) is 10.7. The van der Waals surface area contributed by atoms with Crippen LogP contribution >= 0.6 is 0 Å². The summed E-state index contributed by atoms with van der Waals surface area (Å²) in [7, 11) is 0. The number of aryl methyl sites for hydroxylation is 2. The van der Waals surface area contributed by atoms with E-state index in [0.717, 1.165) is 29.7 Å². The number of fused-ring (bicyclic) bond motifs is 1. The SMILES string of the molecule is CCc1cccc(CC)c1NC(=O)c1ccc2c(c1)OCO2. The zero-order chi connectivity index (χ0) is 15.5. The van der Waals surface area contributed by atoms with Gasteiger partial charge in [-0.2, -0.15) is 0 Å². The number of carbonyl (C=O) groups is 1. The van der Waals surface area contributed by atoms with Gasteiger partial charge in [-0.25, -0.2) is 0 Å². The molecule has 2 aromatic rings. The third-order valence-electron chi connectivity index (χ3n) is 3.87. The molecule has 1 N–H and O–H groups in total. The van der Waals surface area contributed by atoms with Gasteiger partial charge in [0.25, 0.3) is 5.91 Å². The molecule has 0 saturated heterocycles. The fourth-order valence-electron chi connectivity index (χ4n) is 2.63. The fraction of sp³-hybridized carbons (Fsp3) is 0.278. The van der Waals surface area contributed by atoms with Crippen LogP contribution in [0, 0.1) is 0 Å². The van der Waals surface area contributed by atoms with Gasteiger partial charge in [-0.1, -0.05) is 32.0 Å². The van der Waals surface area contributed by atoms with E-state index in [0.29, 0.717) is 17.1 Å². The second kappa shape index (κ2) is 6.10. The Morgan fingerprint density at radius 1 is 1.05 bits per heavy atom. The van der Waals surface area contributed by atoms with Crippen molar-refractivity contribution >= 4 is 11.6 Å². The van der Waals surface area contributed by atoms with Crippen molar-refractivity contribution in [1.82, 2.24) is 0 Å². The van der Waals surface area contributed by atoms with E-state index in [1.165, 1.54) is 0 Å². The number of carbonyl (C=O) groups excluding carboxylic acids is 1. The van der Waals surface area contributed by atoms with Crippen LogP contribution in [0.4, 0.5) is 5.69 Å². The summed E-state index contributed by atoms with van der Waals surface area (Å²) in [4.78, 5) is 12.5. The van der Waals surface area contributed by atoms with Gasteiger partial charge < -0.3 is 14.8 Å². The Morgan fingerprint density at radius 3 is 2.41 bits per heavy atom. The van der Waals surface area contributed by atoms with Gasteiger partial charge >= 0.3 is 0 Å². The molecule has 1 aliphatic rings. The molecular formula is C18H19NO3. The third kappa shape index (κ3) is 2.64. The van der Waals surface area contributed by atoms with Crippen molar-refractivity contribution in [3.8, 4) is 11.5 Å². The van der Waals surface area contributed by atoms with Crippen LogP contribution in [0.3, 0.4) is 0 Å². The number of para-hydroxylation sites is 1. The Bertz CT molecular complexity index is 687. The zero-order valence-corrected chi connectivity index (χ0v) is 12.8. The van der Waals surface area contributed by atoms with E-state index in [9.17, 15) is 4.79 Å². The average Bonchev–Trinajstić information content (AvgIpc) is 3.02. The molecule has 4 heteroatoms. The molecule has 2 aromatic carbocycles. The third-order valence-corrected chi connectivity index (χ3v) is 3.87. The van der Waals surface area contributed by atoms with Gasteiger partial charge in [-0.05, 0) is 42.2 Å². The van der Waals surface area contributed by atoms with Crippen molar-refractivity contribution in [1.29, 1.82) is 0 Å². The van der Waals surface area contributed by atoms with Crippen LogP contribution in [0.2, 0.25) is 0 Å². The summed E-state index contributed by atoms with van der Waals surface area (Å²) in [6.45, 7) is 4.38. The van der Waals surface area contributed by atoms with Crippen LogP contribution in [0.25, 0.3) is 0 Å². The molecule has 0 aliphatic carbocycles. The molecule has 3 rings (SSSR count). The largest absolute Gasteiger partial charge is 0.454 e. The predicted octanol–water partition coefficient (Wildman–Crippen LogP) is 3.79. The second-order valence-electron chi connectivity index (χ2n) is 5.18. The average molecular weight is 297 g/mol. The number of nitrogens with one attached hydrogen (secondary N) is 1. The minimum atomic E-state index is -0.131. The molecule has 0 radical (unpaired) electrons. The minimum Gasteiger partial charge on any atom is -0.454 e. The van der Waals surface area contributed by atoms with Gasteiger partial charge in [0.1, 0.15) is 0 Å². The van der Waals surface area contributed by atoms with E-state index in [2.05, 4.69) is 31.3 Å². The molecule has 114 valence electrons. The Morgan fingerprint density at radius 2 is 1.73 bits per heavy atom. The summed E-state index contributed by atoms with van der Waals surface area (Å²) in [6.07, 6.45) is 1.76. The van der Waals surface area contributed by atoms with Crippen LogP contribution in [0.1, 0.15) is 35.3 Å². The molecule has 0 fully saturated rings. The van der Waals surface area contributed by atoms with Crippen LogP contribution < -0.4 is 14.8 Å². The smallest absolute Gasteiger partial charge is 0.255 e. The maximum Gasteiger partial charge on any atom is 0.255 e. The molecular weight excluding hydrogens is 278 g/mol. The van der Waals surface area contributed by atoms with E-state index in [4.69, 9.17) is 9.47 Å². The Kier molecular flexibility index (Phi) is 4.00. The lowest BCUT2D eigenvalue weighted by molar-refractivity contribution is 0.102. The summed E-state index contributed by atoms with van der Waals surface area (Å²) in [6, 6.07) is 11.4. The summed E-state index contributed by atoms with van der Waals surface area (Å²) in [5.41, 5.74) is 3.79. The van der Waals surface area contributed by atoms with Gasteiger partial charge in [0.15, 0.2) is 11.5 Å². The van der Waals surface area contributed by atoms with Crippen molar-refractivity contribution in [3.05, 3.63) is 53.1 Å². The lowest BCUT2D eigenvalue weighted by Crippen LogP contribution is -2.14. The lowest BCUT2D eigenvalue weighted by atomic mass is 10.0. The molecule has 4 nitrogen and oxygen atoms in total. The molecule has 0 atom stereocenters. The highest BCUT2D eigenvalue weighted by Crippen LogP contribution is 2.33. The van der Waals surface area contributed by atoms with Gasteiger partial charge in [0.2, 0.25) is 6.79 Å². The standard InChI is InChI=1S/C18H19NO3/c1-3-12-6-5-7-13(4-2)17(12)19-18(20)14-8-9-15-16(10-14)22-11-21-15/h5-10H,3-4,11H2,1-2H3,(H,19,20). The van der Waals surface area contributed by atoms with E-state index in [-0.39, 0.29) is 12.7 Å². The summed E-state index contributed by atoms with van der Waals surface area (Å²) in [5.74, 6) is 1.17. The first-order valence-electron chi connectivity index (χ1n) is 7.54. The van der Waals surface area contributed by atoms with Crippen LogP contribution in [0.15, 0.2) is 36.4 Å². The predicted molar refractivity (Wildman–Crippen MR) is 85.7 cm³/mol. The van der Waals surface area contributed by atoms with E-state index >= 15 is 0 Å². The van der Waals surface area contributed by atoms with E-state index in [1.807, 2.05) is 6.07 Å². The molecule has 0 unspecified atom stereocenters. The highest BCUT2D eigenvalue weighted by molar-refractivity contribution is 6.05. The Hall–Kier alpha value is -2.49. The zero-order valence-electron chi connectivity index (χ0n) is 12.8. The normalized spacial score (nSPS) is 12.3. The maximum absolute atomic E-state index is 12.5. The number of rotatable bonds is 4. The van der Waals surface area contributed by atoms with Gasteiger partial charge in [0, 0.05) is 11.3 Å². The van der Waals surface area contributed by atoms with Crippen LogP contribution in [-0.2, 0) is 12.8 Å². The summed E-state index contributed by atoms with van der Waals surface area (Å²) in [5, 5.41) is 3.05. The number of anilines is 1. The first kappa shape index (κ1) is 14.4. The molecule has 0 spiro atoms. The van der Waals surface area contributed by atoms with Gasteiger partial charge in [-0.3, -0.25) is 4.79 Å². The van der Waals surface area contributed by atoms with Crippen molar-refractivity contribution in [2.45, 2.75) is 26.7 Å². The molecule has 0 saturated carbocycles. The molecule has 1 heterocycles. The van der Waals surface area contributed by atoms with Gasteiger partial charge in [-0.15, -0.1) is 0 Å². The van der Waals surface area contributed by atoms with Crippen LogP contribution in [-0.4, -0.2) is 12.7 Å². The van der Waals surface area contributed by atoms with Gasteiger partial charge in [0.05, 0.1) is 0 Å². The number of amides is 1. The Labute approximate surface area is 130 Å². The number of hydrogen-bond donors (Lipinski definition) is 1. The van der Waals surface area contributed by atoms with E-state index in [1.54, 1.807) is 18.2 Å². The highest BCUT2D eigenvalue weighted by atomic mass is 16.7. The summed E-state index contributed by atoms with van der Waals surface area (Å²) >= 11 is 0. The molecule has 0 bridgehead atoms. The maximum atomic E-state index is 12.5. The van der Waals surface area contributed by atoms with Crippen molar-refractivity contribution in [3.63, 3.8) is 0 Å². The molecule has 0 aromatic heterocycles. The minimum absolute atomic E-state index is 0.131. The fourth-order valence-corrected chi connectivity index (χ4v) is 2.63. The van der Waals surface area contributed by atoms with Crippen molar-refractivity contribution in [2.24, 2.45) is 0 Å². The molecule has 22 heavy (non-hydrogen) atoms.